The molecule has 2 aromatic rings. The zero-order chi connectivity index (χ0) is 18.9. The molecule has 0 aliphatic carbocycles. The van der Waals surface area contributed by atoms with Gasteiger partial charge in [-0.1, -0.05) is 36.4 Å². The number of nitrogens with zero attached hydrogens (tertiary/aromatic N) is 1. The lowest BCUT2D eigenvalue weighted by atomic mass is 9.90. The van der Waals surface area contributed by atoms with Gasteiger partial charge in [0, 0.05) is 15.8 Å². The molecule has 144 valence electrons. The number of urea groups is 1. The molecule has 0 bridgehead atoms. The number of benzene rings is 2. The molecular formula is C22H28IN3O. The number of likely N-dealkylation sites (tertiary alicyclic amines) is 1. The highest BCUT2D eigenvalue weighted by Crippen LogP contribution is 2.21. The Morgan fingerprint density at radius 3 is 2.59 bits per heavy atom. The van der Waals surface area contributed by atoms with Crippen LogP contribution in [-0.2, 0) is 6.42 Å². The van der Waals surface area contributed by atoms with E-state index in [4.69, 9.17) is 0 Å². The average Bonchev–Trinajstić information content (AvgIpc) is 2.67. The van der Waals surface area contributed by atoms with Crippen LogP contribution in [0.4, 0.5) is 10.5 Å². The number of nitrogens with one attached hydrogen (secondary N) is 2. The monoisotopic (exact) mass is 477 g/mol. The summed E-state index contributed by atoms with van der Waals surface area (Å²) in [5.74, 6) is 0.807. The molecule has 2 N–H and O–H groups in total. The van der Waals surface area contributed by atoms with Gasteiger partial charge < -0.3 is 15.5 Å². The number of carbonyl (C=O) groups excluding carboxylic acids is 1. The van der Waals surface area contributed by atoms with Crippen molar-refractivity contribution in [1.29, 1.82) is 0 Å². The van der Waals surface area contributed by atoms with Crippen LogP contribution in [0.3, 0.4) is 0 Å². The lowest BCUT2D eigenvalue weighted by molar-refractivity contribution is 0.182. The molecule has 4 nitrogen and oxygen atoms in total. The largest absolute Gasteiger partial charge is 0.338 e. The molecule has 1 aliphatic rings. The van der Waals surface area contributed by atoms with E-state index >= 15 is 0 Å². The van der Waals surface area contributed by atoms with Crippen LogP contribution in [-0.4, -0.2) is 37.1 Å². The molecule has 27 heavy (non-hydrogen) atoms. The van der Waals surface area contributed by atoms with Crippen molar-refractivity contribution in [3.63, 3.8) is 0 Å². The number of halogens is 1. The smallest absolute Gasteiger partial charge is 0.319 e. The summed E-state index contributed by atoms with van der Waals surface area (Å²) in [6.45, 7) is 4.11. The minimum Gasteiger partial charge on any atom is -0.338 e. The molecule has 0 spiro atoms. The van der Waals surface area contributed by atoms with Crippen molar-refractivity contribution in [2.24, 2.45) is 5.92 Å². The minimum atomic E-state index is -0.126. The third-order valence-electron chi connectivity index (χ3n) is 5.09. The lowest BCUT2D eigenvalue weighted by Crippen LogP contribution is -2.37. The highest BCUT2D eigenvalue weighted by atomic mass is 127. The Morgan fingerprint density at radius 2 is 1.85 bits per heavy atom. The van der Waals surface area contributed by atoms with E-state index < -0.39 is 0 Å². The molecule has 0 atom stereocenters. The fourth-order valence-electron chi connectivity index (χ4n) is 3.61. The lowest BCUT2D eigenvalue weighted by Gasteiger charge is -2.32. The molecule has 1 heterocycles. The first-order chi connectivity index (χ1) is 13.2. The third-order valence-corrected chi connectivity index (χ3v) is 5.76. The first-order valence-electron chi connectivity index (χ1n) is 9.76. The second-order valence-electron chi connectivity index (χ2n) is 7.22. The minimum absolute atomic E-state index is 0.126. The van der Waals surface area contributed by atoms with E-state index in [1.807, 2.05) is 24.3 Å². The molecular weight excluding hydrogens is 449 g/mol. The topological polar surface area (TPSA) is 44.4 Å². The van der Waals surface area contributed by atoms with E-state index in [0.29, 0.717) is 6.54 Å². The van der Waals surface area contributed by atoms with Crippen molar-refractivity contribution in [2.45, 2.75) is 25.7 Å². The summed E-state index contributed by atoms with van der Waals surface area (Å²) in [5, 5.41) is 5.83. The van der Waals surface area contributed by atoms with Crippen LogP contribution < -0.4 is 10.6 Å². The Morgan fingerprint density at radius 1 is 1.07 bits per heavy atom. The Kier molecular flexibility index (Phi) is 7.95. The summed E-state index contributed by atoms with van der Waals surface area (Å²) in [5.41, 5.74) is 2.29. The van der Waals surface area contributed by atoms with Crippen molar-refractivity contribution in [3.8, 4) is 0 Å². The molecule has 0 radical (unpaired) electrons. The zero-order valence-electron chi connectivity index (χ0n) is 15.7. The maximum absolute atomic E-state index is 12.0. The van der Waals surface area contributed by atoms with Gasteiger partial charge in [0.2, 0.25) is 0 Å². The van der Waals surface area contributed by atoms with Gasteiger partial charge in [0.1, 0.15) is 0 Å². The number of hydrogen-bond donors (Lipinski definition) is 2. The fraction of sp³-hybridized carbons (Fsp3) is 0.409. The van der Waals surface area contributed by atoms with Gasteiger partial charge in [0.05, 0.1) is 0 Å². The summed E-state index contributed by atoms with van der Waals surface area (Å²) >= 11 is 2.24. The number of piperidine rings is 1. The van der Waals surface area contributed by atoms with Crippen LogP contribution in [0.15, 0.2) is 54.6 Å². The van der Waals surface area contributed by atoms with E-state index in [1.165, 1.54) is 37.9 Å². The van der Waals surface area contributed by atoms with Crippen LogP contribution in [0.1, 0.15) is 24.8 Å². The van der Waals surface area contributed by atoms with Gasteiger partial charge in [-0.05, 0) is 97.6 Å². The predicted molar refractivity (Wildman–Crippen MR) is 120 cm³/mol. The maximum atomic E-state index is 12.0. The van der Waals surface area contributed by atoms with Crippen LogP contribution in [0.25, 0.3) is 0 Å². The van der Waals surface area contributed by atoms with Crippen molar-refractivity contribution in [3.05, 3.63) is 63.7 Å². The number of carbonyl (C=O) groups is 1. The van der Waals surface area contributed by atoms with E-state index in [0.717, 1.165) is 28.1 Å². The average molecular weight is 477 g/mol. The summed E-state index contributed by atoms with van der Waals surface area (Å²) < 4.78 is 1.11. The zero-order valence-corrected chi connectivity index (χ0v) is 17.8. The van der Waals surface area contributed by atoms with Crippen LogP contribution in [0.5, 0.6) is 0 Å². The van der Waals surface area contributed by atoms with Gasteiger partial charge in [0.15, 0.2) is 0 Å². The van der Waals surface area contributed by atoms with E-state index in [-0.39, 0.29) is 6.03 Å². The number of amides is 2. The van der Waals surface area contributed by atoms with E-state index in [2.05, 4.69) is 68.5 Å². The highest BCUT2D eigenvalue weighted by Gasteiger charge is 2.19. The predicted octanol–water partition coefficient (Wildman–Crippen LogP) is 4.76. The SMILES string of the molecule is O=C(NCCCN1CCC(Cc2ccccc2)CC1)Nc1cccc(I)c1. The van der Waals surface area contributed by atoms with Crippen LogP contribution in [0, 0.1) is 9.49 Å². The number of hydrogen-bond acceptors (Lipinski definition) is 2. The Balaban J connectivity index is 1.27. The molecule has 0 saturated carbocycles. The van der Waals surface area contributed by atoms with Crippen molar-refractivity contribution in [1.82, 2.24) is 10.2 Å². The first kappa shape index (κ1) is 20.1. The molecule has 5 heteroatoms. The summed E-state index contributed by atoms with van der Waals surface area (Å²) in [6, 6.07) is 18.5. The second kappa shape index (κ2) is 10.7. The highest BCUT2D eigenvalue weighted by molar-refractivity contribution is 14.1. The van der Waals surface area contributed by atoms with Crippen LogP contribution in [0.2, 0.25) is 0 Å². The maximum Gasteiger partial charge on any atom is 0.319 e. The summed E-state index contributed by atoms with van der Waals surface area (Å²) in [7, 11) is 0. The van der Waals surface area contributed by atoms with Crippen molar-refractivity contribution >= 4 is 34.3 Å². The molecule has 0 unspecified atom stereocenters. The normalized spacial score (nSPS) is 15.4. The Hall–Kier alpha value is -1.60. The van der Waals surface area contributed by atoms with Gasteiger partial charge in [-0.25, -0.2) is 4.79 Å². The molecule has 2 amide bonds. The second-order valence-corrected chi connectivity index (χ2v) is 8.47. The molecule has 3 rings (SSSR count). The first-order valence-corrected chi connectivity index (χ1v) is 10.8. The number of rotatable bonds is 7. The standard InChI is InChI=1S/C22H28IN3O/c23-20-8-4-9-21(17-20)25-22(27)24-12-5-13-26-14-10-19(11-15-26)16-18-6-2-1-3-7-18/h1-4,6-9,17,19H,5,10-16H2,(H2,24,25,27). The molecule has 2 aromatic carbocycles. The quantitative estimate of drug-likeness (QED) is 0.446. The van der Waals surface area contributed by atoms with Crippen molar-refractivity contribution < 1.29 is 4.79 Å². The molecule has 1 saturated heterocycles. The van der Waals surface area contributed by atoms with Gasteiger partial charge in [-0.3, -0.25) is 0 Å². The third kappa shape index (κ3) is 7.14. The van der Waals surface area contributed by atoms with Crippen molar-refractivity contribution in [2.75, 3.05) is 31.5 Å². The van der Waals surface area contributed by atoms with Gasteiger partial charge >= 0.3 is 6.03 Å². The van der Waals surface area contributed by atoms with E-state index in [9.17, 15) is 4.79 Å². The molecule has 1 aliphatic heterocycles. The summed E-state index contributed by atoms with van der Waals surface area (Å²) in [4.78, 5) is 14.5. The number of anilines is 1. The fourth-order valence-corrected chi connectivity index (χ4v) is 4.15. The van der Waals surface area contributed by atoms with Gasteiger partial charge in [0.25, 0.3) is 0 Å². The van der Waals surface area contributed by atoms with E-state index in [1.54, 1.807) is 0 Å². The van der Waals surface area contributed by atoms with Gasteiger partial charge in [-0.15, -0.1) is 0 Å². The Labute approximate surface area is 175 Å². The Bertz CT molecular complexity index is 715. The summed E-state index contributed by atoms with van der Waals surface area (Å²) in [6.07, 6.45) is 4.74. The van der Waals surface area contributed by atoms with Crippen LogP contribution >= 0.6 is 22.6 Å². The van der Waals surface area contributed by atoms with Gasteiger partial charge in [-0.2, -0.15) is 0 Å². The molecule has 0 aromatic heterocycles. The molecule has 1 fully saturated rings.